The summed E-state index contributed by atoms with van der Waals surface area (Å²) >= 11 is 1.53. The largest absolute Gasteiger partial charge is 0.459 e. The third-order valence-electron chi connectivity index (χ3n) is 2.57. The highest BCUT2D eigenvalue weighted by Gasteiger charge is 2.09. The zero-order chi connectivity index (χ0) is 13.2. The van der Waals surface area contributed by atoms with Crippen LogP contribution in [0.1, 0.15) is 21.3 Å². The molecular weight excluding hydrogens is 264 g/mol. The number of hydrogen-bond acceptors (Lipinski definition) is 5. The summed E-state index contributed by atoms with van der Waals surface area (Å²) in [5.41, 5.74) is 0.955. The second kappa shape index (κ2) is 4.85. The predicted molar refractivity (Wildman–Crippen MR) is 70.3 cm³/mol. The zero-order valence-electron chi connectivity index (χ0n) is 10.3. The van der Waals surface area contributed by atoms with Crippen LogP contribution >= 0.6 is 11.3 Å². The van der Waals surface area contributed by atoms with Crippen molar-refractivity contribution in [3.8, 4) is 0 Å². The summed E-state index contributed by atoms with van der Waals surface area (Å²) in [5, 5.41) is 8.12. The van der Waals surface area contributed by atoms with Crippen molar-refractivity contribution in [1.82, 2.24) is 19.9 Å². The van der Waals surface area contributed by atoms with Crippen molar-refractivity contribution >= 4 is 22.2 Å². The highest BCUT2D eigenvalue weighted by molar-refractivity contribution is 7.16. The second-order valence-electron chi connectivity index (χ2n) is 4.09. The molecule has 3 aromatic heterocycles. The molecule has 0 aliphatic rings. The molecule has 0 aliphatic heterocycles. The summed E-state index contributed by atoms with van der Waals surface area (Å²) < 4.78 is 6.78. The van der Waals surface area contributed by atoms with Crippen molar-refractivity contribution in [2.75, 3.05) is 6.54 Å². The van der Waals surface area contributed by atoms with Gasteiger partial charge in [0, 0.05) is 13.0 Å². The Morgan fingerprint density at radius 2 is 2.47 bits per heavy atom. The monoisotopic (exact) mass is 276 g/mol. The minimum Gasteiger partial charge on any atom is -0.459 e. The van der Waals surface area contributed by atoms with Gasteiger partial charge in [-0.2, -0.15) is 5.10 Å². The van der Waals surface area contributed by atoms with Gasteiger partial charge in [0.15, 0.2) is 5.76 Å². The lowest BCUT2D eigenvalue weighted by atomic mass is 10.4. The van der Waals surface area contributed by atoms with E-state index >= 15 is 0 Å². The minimum absolute atomic E-state index is 0.206. The van der Waals surface area contributed by atoms with E-state index in [9.17, 15) is 4.79 Å². The molecule has 7 heteroatoms. The third kappa shape index (κ3) is 2.50. The Kier molecular flexibility index (Phi) is 3.04. The number of carbonyl (C=O) groups is 1. The summed E-state index contributed by atoms with van der Waals surface area (Å²) in [7, 11) is 0. The Balaban J connectivity index is 1.57. The summed E-state index contributed by atoms with van der Waals surface area (Å²) in [6.07, 6.45) is 4.05. The number of furan rings is 1. The maximum atomic E-state index is 11.6. The smallest absolute Gasteiger partial charge is 0.286 e. The van der Waals surface area contributed by atoms with Crippen LogP contribution in [0.2, 0.25) is 0 Å². The highest BCUT2D eigenvalue weighted by Crippen LogP contribution is 2.14. The van der Waals surface area contributed by atoms with E-state index in [0.29, 0.717) is 18.7 Å². The molecule has 3 aromatic rings. The van der Waals surface area contributed by atoms with Crippen LogP contribution in [0.5, 0.6) is 0 Å². The predicted octanol–water partition coefficient (Wildman–Crippen LogP) is 1.66. The fourth-order valence-corrected chi connectivity index (χ4v) is 2.65. The normalized spacial score (nSPS) is 11.0. The van der Waals surface area contributed by atoms with Gasteiger partial charge in [0.2, 0.25) is 4.96 Å². The fourth-order valence-electron chi connectivity index (χ4n) is 1.73. The molecule has 0 spiro atoms. The van der Waals surface area contributed by atoms with Crippen molar-refractivity contribution in [3.05, 3.63) is 41.1 Å². The van der Waals surface area contributed by atoms with Crippen LogP contribution < -0.4 is 5.32 Å². The molecule has 19 heavy (non-hydrogen) atoms. The van der Waals surface area contributed by atoms with E-state index in [2.05, 4.69) is 15.4 Å². The first kappa shape index (κ1) is 11.9. The van der Waals surface area contributed by atoms with Gasteiger partial charge in [-0.25, -0.2) is 9.50 Å². The van der Waals surface area contributed by atoms with Crippen molar-refractivity contribution in [2.45, 2.75) is 13.3 Å². The molecule has 3 rings (SSSR count). The van der Waals surface area contributed by atoms with Crippen LogP contribution in [0.15, 0.2) is 29.0 Å². The molecule has 0 aromatic carbocycles. The number of aromatic nitrogens is 3. The Bertz CT molecular complexity index is 667. The van der Waals surface area contributed by atoms with E-state index in [-0.39, 0.29) is 5.91 Å². The number of rotatable bonds is 4. The van der Waals surface area contributed by atoms with Gasteiger partial charge in [-0.05, 0) is 19.1 Å². The summed E-state index contributed by atoms with van der Waals surface area (Å²) in [6, 6.07) is 3.32. The SMILES string of the molecule is Cc1cn2nc(CCNC(=O)c3ccco3)sc2n1. The number of fused-ring (bicyclic) bond motifs is 1. The number of nitrogens with one attached hydrogen (secondary N) is 1. The molecule has 0 saturated heterocycles. The molecule has 0 radical (unpaired) electrons. The first-order valence-corrected chi connectivity index (χ1v) is 6.67. The van der Waals surface area contributed by atoms with Crippen LogP contribution in [-0.2, 0) is 6.42 Å². The summed E-state index contributed by atoms with van der Waals surface area (Å²) in [6.45, 7) is 2.46. The van der Waals surface area contributed by atoms with Crippen LogP contribution in [-0.4, -0.2) is 27.0 Å². The standard InChI is InChI=1S/C12H12N4O2S/c1-8-7-16-12(14-8)19-10(15-16)4-5-13-11(17)9-3-2-6-18-9/h2-3,6-7H,4-5H2,1H3,(H,13,17). The van der Waals surface area contributed by atoms with Crippen LogP contribution in [0.4, 0.5) is 0 Å². The first-order chi connectivity index (χ1) is 9.22. The average molecular weight is 276 g/mol. The molecule has 0 bridgehead atoms. The van der Waals surface area contributed by atoms with Crippen molar-refractivity contribution < 1.29 is 9.21 Å². The Morgan fingerprint density at radius 1 is 1.58 bits per heavy atom. The number of aryl methyl sites for hydroxylation is 1. The van der Waals surface area contributed by atoms with E-state index in [4.69, 9.17) is 4.42 Å². The average Bonchev–Trinajstić information content (AvgIpc) is 3.03. The van der Waals surface area contributed by atoms with Crippen LogP contribution in [0.25, 0.3) is 4.96 Å². The molecule has 0 unspecified atom stereocenters. The van der Waals surface area contributed by atoms with Gasteiger partial charge in [0.05, 0.1) is 18.2 Å². The van der Waals surface area contributed by atoms with E-state index < -0.39 is 0 Å². The van der Waals surface area contributed by atoms with Crippen molar-refractivity contribution in [3.63, 3.8) is 0 Å². The van der Waals surface area contributed by atoms with Gasteiger partial charge in [0.25, 0.3) is 5.91 Å². The Hall–Kier alpha value is -2.15. The van der Waals surface area contributed by atoms with Gasteiger partial charge < -0.3 is 9.73 Å². The zero-order valence-corrected chi connectivity index (χ0v) is 11.1. The lowest BCUT2D eigenvalue weighted by Gasteiger charge is -2.00. The Labute approximate surface area is 113 Å². The lowest BCUT2D eigenvalue weighted by Crippen LogP contribution is -2.25. The number of hydrogen-bond donors (Lipinski definition) is 1. The molecule has 0 saturated carbocycles. The molecule has 0 aliphatic carbocycles. The van der Waals surface area contributed by atoms with Gasteiger partial charge in [-0.3, -0.25) is 4.79 Å². The van der Waals surface area contributed by atoms with Gasteiger partial charge >= 0.3 is 0 Å². The molecule has 1 N–H and O–H groups in total. The topological polar surface area (TPSA) is 72.4 Å². The number of nitrogens with zero attached hydrogens (tertiary/aromatic N) is 3. The van der Waals surface area contributed by atoms with Crippen LogP contribution in [0.3, 0.4) is 0 Å². The Morgan fingerprint density at radius 3 is 3.21 bits per heavy atom. The molecule has 0 atom stereocenters. The number of carbonyl (C=O) groups excluding carboxylic acids is 1. The molecule has 0 fully saturated rings. The highest BCUT2D eigenvalue weighted by atomic mass is 32.1. The van der Waals surface area contributed by atoms with Crippen molar-refractivity contribution in [1.29, 1.82) is 0 Å². The summed E-state index contributed by atoms with van der Waals surface area (Å²) in [4.78, 5) is 16.8. The molecule has 3 heterocycles. The first-order valence-electron chi connectivity index (χ1n) is 5.86. The van der Waals surface area contributed by atoms with E-state index in [1.54, 1.807) is 16.6 Å². The second-order valence-corrected chi connectivity index (χ2v) is 5.13. The molecular formula is C12H12N4O2S. The lowest BCUT2D eigenvalue weighted by molar-refractivity contribution is 0.0926. The number of amides is 1. The molecule has 6 nitrogen and oxygen atoms in total. The quantitative estimate of drug-likeness (QED) is 0.786. The van der Waals surface area contributed by atoms with Gasteiger partial charge in [-0.1, -0.05) is 11.3 Å². The maximum Gasteiger partial charge on any atom is 0.286 e. The molecule has 1 amide bonds. The summed E-state index contributed by atoms with van der Waals surface area (Å²) in [5.74, 6) is 0.117. The molecule has 98 valence electrons. The fraction of sp³-hybridized carbons (Fsp3) is 0.250. The van der Waals surface area contributed by atoms with E-state index in [1.807, 2.05) is 13.1 Å². The van der Waals surface area contributed by atoms with Crippen molar-refractivity contribution in [2.24, 2.45) is 0 Å². The van der Waals surface area contributed by atoms with Gasteiger partial charge in [-0.15, -0.1) is 0 Å². The number of imidazole rings is 1. The van der Waals surface area contributed by atoms with E-state index in [0.717, 1.165) is 15.7 Å². The third-order valence-corrected chi connectivity index (χ3v) is 3.56. The maximum absolute atomic E-state index is 11.6. The minimum atomic E-state index is -0.206. The van der Waals surface area contributed by atoms with E-state index in [1.165, 1.54) is 17.6 Å². The van der Waals surface area contributed by atoms with Crippen LogP contribution in [0, 0.1) is 6.92 Å². The van der Waals surface area contributed by atoms with Gasteiger partial charge in [0.1, 0.15) is 5.01 Å².